The lowest BCUT2D eigenvalue weighted by Gasteiger charge is -2.31. The highest BCUT2D eigenvalue weighted by Crippen LogP contribution is 2.24. The predicted molar refractivity (Wildman–Crippen MR) is 95.2 cm³/mol. The molecule has 0 bridgehead atoms. The topological polar surface area (TPSA) is 83.1 Å². The van der Waals surface area contributed by atoms with Crippen LogP contribution in [-0.2, 0) is 17.7 Å². The second kappa shape index (κ2) is 6.74. The van der Waals surface area contributed by atoms with Gasteiger partial charge in [-0.1, -0.05) is 0 Å². The zero-order valence-electron chi connectivity index (χ0n) is 15.2. The number of aromatic nitrogens is 3. The minimum absolute atomic E-state index is 0.0420. The summed E-state index contributed by atoms with van der Waals surface area (Å²) in [5.41, 5.74) is 2.51. The Kier molecular flexibility index (Phi) is 4.65. The molecular formula is C18H25N5O2. The van der Waals surface area contributed by atoms with Gasteiger partial charge in [-0.2, -0.15) is 0 Å². The van der Waals surface area contributed by atoms with Crippen LogP contribution >= 0.6 is 0 Å². The highest BCUT2D eigenvalue weighted by atomic mass is 16.6. The predicted octanol–water partition coefficient (Wildman–Crippen LogP) is 3.27. The fourth-order valence-electron chi connectivity index (χ4n) is 2.82. The number of nitrogens with one attached hydrogen (secondary N) is 2. The minimum atomic E-state index is -0.489. The Morgan fingerprint density at radius 3 is 2.88 bits per heavy atom. The maximum atomic E-state index is 12.3. The second-order valence-electron chi connectivity index (χ2n) is 7.32. The van der Waals surface area contributed by atoms with Crippen LogP contribution in [0.5, 0.6) is 0 Å². The highest BCUT2D eigenvalue weighted by Gasteiger charge is 2.26. The monoisotopic (exact) mass is 343 g/mol. The van der Waals surface area contributed by atoms with E-state index >= 15 is 0 Å². The minimum Gasteiger partial charge on any atom is -0.444 e. The first-order valence-electron chi connectivity index (χ1n) is 8.53. The van der Waals surface area contributed by atoms with Crippen molar-refractivity contribution in [1.82, 2.24) is 19.9 Å². The first kappa shape index (κ1) is 17.3. The number of amides is 1. The molecule has 0 fully saturated rings. The van der Waals surface area contributed by atoms with Crippen molar-refractivity contribution in [2.75, 3.05) is 11.9 Å². The number of hydrogen-bond acceptors (Lipinski definition) is 5. The number of imidazole rings is 1. The first-order valence-corrected chi connectivity index (χ1v) is 8.53. The second-order valence-corrected chi connectivity index (χ2v) is 7.32. The molecule has 3 rings (SSSR count). The number of rotatable bonds is 3. The molecule has 0 spiro atoms. The zero-order chi connectivity index (χ0) is 18.0. The molecule has 2 aromatic heterocycles. The summed E-state index contributed by atoms with van der Waals surface area (Å²) in [6.45, 7) is 8.81. The van der Waals surface area contributed by atoms with Crippen molar-refractivity contribution in [2.24, 2.45) is 0 Å². The normalized spacial score (nSPS) is 15.4. The average Bonchev–Trinajstić information content (AvgIpc) is 3.07. The third kappa shape index (κ3) is 4.29. The van der Waals surface area contributed by atoms with Crippen molar-refractivity contribution in [2.45, 2.75) is 52.3 Å². The third-order valence-electron chi connectivity index (χ3n) is 4.00. The molecule has 1 aliphatic rings. The van der Waals surface area contributed by atoms with Gasteiger partial charge in [-0.3, -0.25) is 4.98 Å². The Hall–Kier alpha value is -2.57. The van der Waals surface area contributed by atoms with Crippen molar-refractivity contribution >= 4 is 11.8 Å². The lowest BCUT2D eigenvalue weighted by atomic mass is 10.1. The van der Waals surface area contributed by atoms with E-state index in [0.29, 0.717) is 13.1 Å². The van der Waals surface area contributed by atoms with E-state index in [0.717, 1.165) is 29.2 Å². The van der Waals surface area contributed by atoms with Crippen LogP contribution in [0.1, 0.15) is 50.8 Å². The molecule has 1 unspecified atom stereocenters. The Morgan fingerprint density at radius 2 is 2.20 bits per heavy atom. The van der Waals surface area contributed by atoms with E-state index in [-0.39, 0.29) is 12.1 Å². The number of fused-ring (bicyclic) bond motifs is 1. The molecule has 2 N–H and O–H groups in total. The summed E-state index contributed by atoms with van der Waals surface area (Å²) in [6.07, 6.45) is 5.83. The quantitative estimate of drug-likeness (QED) is 0.894. The highest BCUT2D eigenvalue weighted by molar-refractivity contribution is 5.68. The lowest BCUT2D eigenvalue weighted by molar-refractivity contribution is 0.0223. The molecule has 0 aliphatic carbocycles. The molecule has 0 saturated carbocycles. The number of hydrogen-bond donors (Lipinski definition) is 2. The molecule has 3 heterocycles. The number of aromatic amines is 1. The van der Waals surface area contributed by atoms with Crippen LogP contribution < -0.4 is 5.32 Å². The molecule has 1 aliphatic heterocycles. The Balaban J connectivity index is 1.70. The molecule has 1 amide bonds. The summed E-state index contributed by atoms with van der Waals surface area (Å²) in [5, 5.41) is 3.39. The van der Waals surface area contributed by atoms with Crippen LogP contribution in [0.4, 0.5) is 10.5 Å². The fraction of sp³-hybridized carbons (Fsp3) is 0.500. The van der Waals surface area contributed by atoms with Crippen LogP contribution in [0.3, 0.4) is 0 Å². The van der Waals surface area contributed by atoms with Gasteiger partial charge in [0.25, 0.3) is 0 Å². The summed E-state index contributed by atoms with van der Waals surface area (Å²) in [6, 6.07) is 2.10. The van der Waals surface area contributed by atoms with Gasteiger partial charge in [-0.05, 0) is 39.3 Å². The Morgan fingerprint density at radius 1 is 1.40 bits per heavy atom. The van der Waals surface area contributed by atoms with E-state index < -0.39 is 5.60 Å². The Labute approximate surface area is 147 Å². The van der Waals surface area contributed by atoms with E-state index in [1.807, 2.05) is 33.9 Å². The summed E-state index contributed by atoms with van der Waals surface area (Å²) < 4.78 is 5.47. The number of carbonyl (C=O) groups excluding carboxylic acids is 1. The van der Waals surface area contributed by atoms with Crippen molar-refractivity contribution in [3.8, 4) is 0 Å². The molecule has 2 aromatic rings. The average molecular weight is 343 g/mol. The molecule has 7 heteroatoms. The number of H-pyrrole nitrogens is 1. The maximum Gasteiger partial charge on any atom is 0.410 e. The largest absolute Gasteiger partial charge is 0.444 e. The molecule has 0 saturated heterocycles. The number of anilines is 1. The van der Waals surface area contributed by atoms with Gasteiger partial charge in [0.05, 0.1) is 24.5 Å². The van der Waals surface area contributed by atoms with Gasteiger partial charge >= 0.3 is 6.09 Å². The molecule has 0 aromatic carbocycles. The van der Waals surface area contributed by atoms with Gasteiger partial charge in [0.1, 0.15) is 11.4 Å². The maximum absolute atomic E-state index is 12.3. The molecule has 25 heavy (non-hydrogen) atoms. The van der Waals surface area contributed by atoms with Gasteiger partial charge in [0.2, 0.25) is 0 Å². The van der Waals surface area contributed by atoms with E-state index in [4.69, 9.17) is 4.74 Å². The number of pyridine rings is 1. The van der Waals surface area contributed by atoms with Crippen LogP contribution in [0.25, 0.3) is 0 Å². The van der Waals surface area contributed by atoms with Gasteiger partial charge in [0, 0.05) is 31.1 Å². The van der Waals surface area contributed by atoms with E-state index in [9.17, 15) is 4.79 Å². The van der Waals surface area contributed by atoms with Crippen molar-refractivity contribution < 1.29 is 9.53 Å². The van der Waals surface area contributed by atoms with E-state index in [1.165, 1.54) is 0 Å². The van der Waals surface area contributed by atoms with Gasteiger partial charge in [-0.25, -0.2) is 9.78 Å². The van der Waals surface area contributed by atoms with E-state index in [1.54, 1.807) is 17.3 Å². The van der Waals surface area contributed by atoms with Crippen LogP contribution in [0.2, 0.25) is 0 Å². The van der Waals surface area contributed by atoms with Crippen LogP contribution in [0, 0.1) is 0 Å². The molecule has 7 nitrogen and oxygen atoms in total. The summed E-state index contributed by atoms with van der Waals surface area (Å²) in [5.74, 6) is 0.869. The summed E-state index contributed by atoms with van der Waals surface area (Å²) >= 11 is 0. The summed E-state index contributed by atoms with van der Waals surface area (Å²) in [4.78, 5) is 25.9. The van der Waals surface area contributed by atoms with Gasteiger partial charge < -0.3 is 19.9 Å². The molecular weight excluding hydrogens is 318 g/mol. The molecule has 0 radical (unpaired) electrons. The first-order chi connectivity index (χ1) is 11.8. The SMILES string of the molecule is CC(Nc1cnc2c(c1)CN(C(=O)OC(C)(C)C)CC2)c1ncc[nH]1. The zero-order valence-corrected chi connectivity index (χ0v) is 15.2. The van der Waals surface area contributed by atoms with Crippen molar-refractivity contribution in [3.63, 3.8) is 0 Å². The van der Waals surface area contributed by atoms with Crippen LogP contribution in [0.15, 0.2) is 24.7 Å². The third-order valence-corrected chi connectivity index (χ3v) is 4.00. The fourth-order valence-corrected chi connectivity index (χ4v) is 2.82. The smallest absolute Gasteiger partial charge is 0.410 e. The molecule has 134 valence electrons. The number of carbonyl (C=O) groups is 1. The van der Waals surface area contributed by atoms with Crippen molar-refractivity contribution in [3.05, 3.63) is 41.7 Å². The van der Waals surface area contributed by atoms with Crippen molar-refractivity contribution in [1.29, 1.82) is 0 Å². The van der Waals surface area contributed by atoms with E-state index in [2.05, 4.69) is 26.3 Å². The Bertz CT molecular complexity index is 736. The number of nitrogens with zero attached hydrogens (tertiary/aromatic N) is 3. The lowest BCUT2D eigenvalue weighted by Crippen LogP contribution is -2.40. The summed E-state index contributed by atoms with van der Waals surface area (Å²) in [7, 11) is 0. The molecule has 1 atom stereocenters. The van der Waals surface area contributed by atoms with Crippen LogP contribution in [-0.4, -0.2) is 38.1 Å². The number of ether oxygens (including phenoxy) is 1. The van der Waals surface area contributed by atoms with Gasteiger partial charge in [0.15, 0.2) is 0 Å². The van der Waals surface area contributed by atoms with Gasteiger partial charge in [-0.15, -0.1) is 0 Å². The standard InChI is InChI=1S/C18H25N5O2/c1-12(16-19-6-7-20-16)22-14-9-13-11-23(8-5-15(13)21-10-14)17(24)25-18(2,3)4/h6-7,9-10,12,22H,5,8,11H2,1-4H3,(H,19,20).